The summed E-state index contributed by atoms with van der Waals surface area (Å²) in [5.74, 6) is 2.37. The Balaban J connectivity index is 2.43. The van der Waals surface area contributed by atoms with Gasteiger partial charge in [0.15, 0.2) is 5.82 Å². The minimum Gasteiger partial charge on any atom is -0.370 e. The maximum atomic E-state index is 5.82. The predicted octanol–water partition coefficient (Wildman–Crippen LogP) is 4.23. The van der Waals surface area contributed by atoms with Gasteiger partial charge in [0.1, 0.15) is 11.4 Å². The summed E-state index contributed by atoms with van der Waals surface area (Å²) in [4.78, 5) is 9.64. The van der Waals surface area contributed by atoms with Crippen LogP contribution in [0.3, 0.4) is 0 Å². The lowest BCUT2D eigenvalue weighted by molar-refractivity contribution is -0.0292. The van der Waals surface area contributed by atoms with Gasteiger partial charge in [0.2, 0.25) is 0 Å². The number of ether oxygens (including phenoxy) is 1. The van der Waals surface area contributed by atoms with E-state index >= 15 is 0 Å². The van der Waals surface area contributed by atoms with Gasteiger partial charge in [-0.25, -0.2) is 9.97 Å². The van der Waals surface area contributed by atoms with Crippen LogP contribution < -0.4 is 5.32 Å². The molecule has 4 nitrogen and oxygen atoms in total. The first-order chi connectivity index (χ1) is 10.2. The van der Waals surface area contributed by atoms with Crippen LogP contribution in [0.25, 0.3) is 0 Å². The maximum Gasteiger partial charge on any atom is 0.162 e. The van der Waals surface area contributed by atoms with E-state index in [1.807, 2.05) is 0 Å². The second kappa shape index (κ2) is 7.21. The van der Waals surface area contributed by atoms with Crippen molar-refractivity contribution in [1.29, 1.82) is 0 Å². The second-order valence-corrected chi connectivity index (χ2v) is 5.92. The van der Waals surface area contributed by atoms with Crippen LogP contribution in [0.4, 0.5) is 5.82 Å². The molecule has 1 aromatic rings. The van der Waals surface area contributed by atoms with Crippen LogP contribution in [0.15, 0.2) is 6.07 Å². The topological polar surface area (TPSA) is 47.0 Å². The monoisotopic (exact) mass is 291 g/mol. The van der Waals surface area contributed by atoms with Crippen molar-refractivity contribution in [3.63, 3.8) is 0 Å². The zero-order valence-electron chi connectivity index (χ0n) is 13.9. The fraction of sp³-hybridized carbons (Fsp3) is 0.765. The number of rotatable bonds is 7. The molecule has 1 aliphatic rings. The highest BCUT2D eigenvalue weighted by Crippen LogP contribution is 2.36. The number of hydrogen-bond acceptors (Lipinski definition) is 4. The molecule has 1 fully saturated rings. The fourth-order valence-electron chi connectivity index (χ4n) is 3.32. The summed E-state index contributed by atoms with van der Waals surface area (Å²) in [6, 6.07) is 2.13. The van der Waals surface area contributed by atoms with Gasteiger partial charge >= 0.3 is 0 Å². The Bertz CT molecular complexity index is 443. The zero-order chi connectivity index (χ0) is 15.3. The summed E-state index contributed by atoms with van der Waals surface area (Å²) >= 11 is 0. The smallest absolute Gasteiger partial charge is 0.162 e. The Labute approximate surface area is 128 Å². The molecule has 0 aromatic carbocycles. The van der Waals surface area contributed by atoms with Crippen LogP contribution in [0, 0.1) is 0 Å². The number of methoxy groups -OCH3 is 1. The predicted molar refractivity (Wildman–Crippen MR) is 86.7 cm³/mol. The van der Waals surface area contributed by atoms with E-state index in [9.17, 15) is 0 Å². The molecular formula is C17H29N3O. The quantitative estimate of drug-likeness (QED) is 0.816. The number of nitrogens with one attached hydrogen (secondary N) is 1. The Hall–Kier alpha value is -1.16. The molecule has 4 heteroatoms. The van der Waals surface area contributed by atoms with Gasteiger partial charge in [0.05, 0.1) is 0 Å². The first kappa shape index (κ1) is 16.2. The average molecular weight is 291 g/mol. The third-order valence-electron chi connectivity index (χ3n) is 4.82. The lowest BCUT2D eigenvalue weighted by atomic mass is 9.95. The largest absolute Gasteiger partial charge is 0.370 e. The van der Waals surface area contributed by atoms with Crippen LogP contribution >= 0.6 is 0 Å². The van der Waals surface area contributed by atoms with E-state index in [0.29, 0.717) is 5.92 Å². The molecule has 21 heavy (non-hydrogen) atoms. The van der Waals surface area contributed by atoms with E-state index in [4.69, 9.17) is 14.7 Å². The van der Waals surface area contributed by atoms with Gasteiger partial charge in [-0.2, -0.15) is 0 Å². The van der Waals surface area contributed by atoms with Gasteiger partial charge in [-0.3, -0.25) is 0 Å². The number of hydrogen-bond donors (Lipinski definition) is 1. The molecule has 118 valence electrons. The molecule has 0 bridgehead atoms. The standard InChI is InChI=1S/C17H29N3O/c1-5-17(6-2,21-4)16-19-14(13-10-8-9-11-13)12-15(20-16)18-7-3/h12-13H,5-11H2,1-4H3,(H,18,19,20). The summed E-state index contributed by atoms with van der Waals surface area (Å²) in [5, 5.41) is 3.35. The molecular weight excluding hydrogens is 262 g/mol. The van der Waals surface area contributed by atoms with Crippen molar-refractivity contribution < 1.29 is 4.74 Å². The molecule has 1 heterocycles. The Morgan fingerprint density at radius 3 is 2.38 bits per heavy atom. The van der Waals surface area contributed by atoms with Crippen LogP contribution in [-0.2, 0) is 10.3 Å². The second-order valence-electron chi connectivity index (χ2n) is 5.92. The number of anilines is 1. The van der Waals surface area contributed by atoms with E-state index in [1.54, 1.807) is 7.11 Å². The van der Waals surface area contributed by atoms with Crippen LogP contribution in [0.1, 0.15) is 76.7 Å². The molecule has 0 amide bonds. The summed E-state index contributed by atoms with van der Waals surface area (Å²) in [6.45, 7) is 7.26. The molecule has 0 spiro atoms. The van der Waals surface area contributed by atoms with Crippen molar-refractivity contribution in [3.05, 3.63) is 17.6 Å². The maximum absolute atomic E-state index is 5.82. The zero-order valence-corrected chi connectivity index (χ0v) is 13.9. The molecule has 1 aromatic heterocycles. The third-order valence-corrected chi connectivity index (χ3v) is 4.82. The lowest BCUT2D eigenvalue weighted by Crippen LogP contribution is -2.30. The van der Waals surface area contributed by atoms with Crippen molar-refractivity contribution >= 4 is 5.82 Å². The van der Waals surface area contributed by atoms with Gasteiger partial charge in [-0.05, 0) is 32.6 Å². The van der Waals surface area contributed by atoms with Gasteiger partial charge < -0.3 is 10.1 Å². The summed E-state index contributed by atoms with van der Waals surface area (Å²) in [7, 11) is 1.77. The van der Waals surface area contributed by atoms with Crippen LogP contribution in [-0.4, -0.2) is 23.6 Å². The van der Waals surface area contributed by atoms with Crippen molar-refractivity contribution in [2.45, 2.75) is 70.8 Å². The van der Waals surface area contributed by atoms with Crippen molar-refractivity contribution in [2.24, 2.45) is 0 Å². The van der Waals surface area contributed by atoms with Crippen LogP contribution in [0.5, 0.6) is 0 Å². The lowest BCUT2D eigenvalue weighted by Gasteiger charge is -2.29. The molecule has 0 atom stereocenters. The highest BCUT2D eigenvalue weighted by Gasteiger charge is 2.33. The van der Waals surface area contributed by atoms with Gasteiger partial charge in [0, 0.05) is 31.3 Å². The number of aromatic nitrogens is 2. The molecule has 1 N–H and O–H groups in total. The van der Waals surface area contributed by atoms with Crippen molar-refractivity contribution in [3.8, 4) is 0 Å². The Kier molecular flexibility index (Phi) is 5.57. The molecule has 1 saturated carbocycles. The van der Waals surface area contributed by atoms with E-state index in [0.717, 1.165) is 31.0 Å². The molecule has 1 aliphatic carbocycles. The first-order valence-electron chi connectivity index (χ1n) is 8.37. The summed E-state index contributed by atoms with van der Waals surface area (Å²) in [5.41, 5.74) is 0.829. The van der Waals surface area contributed by atoms with Crippen LogP contribution in [0.2, 0.25) is 0 Å². The van der Waals surface area contributed by atoms with Crippen molar-refractivity contribution in [1.82, 2.24) is 9.97 Å². The van der Waals surface area contributed by atoms with E-state index in [-0.39, 0.29) is 5.60 Å². The highest BCUT2D eigenvalue weighted by molar-refractivity contribution is 5.38. The Morgan fingerprint density at radius 2 is 1.86 bits per heavy atom. The van der Waals surface area contributed by atoms with E-state index in [1.165, 1.54) is 31.4 Å². The summed E-state index contributed by atoms with van der Waals surface area (Å²) in [6.07, 6.45) is 6.91. The fourth-order valence-corrected chi connectivity index (χ4v) is 3.32. The van der Waals surface area contributed by atoms with Gasteiger partial charge in [-0.1, -0.05) is 26.7 Å². The first-order valence-corrected chi connectivity index (χ1v) is 8.37. The third kappa shape index (κ3) is 3.37. The van der Waals surface area contributed by atoms with E-state index in [2.05, 4.69) is 32.2 Å². The normalized spacial score (nSPS) is 16.4. The molecule has 0 radical (unpaired) electrons. The molecule has 2 rings (SSSR count). The van der Waals surface area contributed by atoms with E-state index < -0.39 is 0 Å². The summed E-state index contributed by atoms with van der Waals surface area (Å²) < 4.78 is 5.82. The Morgan fingerprint density at radius 1 is 1.19 bits per heavy atom. The number of nitrogens with zero attached hydrogens (tertiary/aromatic N) is 2. The average Bonchev–Trinajstić information content (AvgIpc) is 3.04. The molecule has 0 aliphatic heterocycles. The highest BCUT2D eigenvalue weighted by atomic mass is 16.5. The SMILES string of the molecule is CCNc1cc(C2CCCC2)nc(C(CC)(CC)OC)n1. The molecule has 0 saturated heterocycles. The van der Waals surface area contributed by atoms with Gasteiger partial charge in [0.25, 0.3) is 0 Å². The van der Waals surface area contributed by atoms with Gasteiger partial charge in [-0.15, -0.1) is 0 Å². The molecule has 0 unspecified atom stereocenters. The van der Waals surface area contributed by atoms with Crippen molar-refractivity contribution in [2.75, 3.05) is 19.0 Å². The minimum atomic E-state index is -0.362. The minimum absolute atomic E-state index is 0.362.